The lowest BCUT2D eigenvalue weighted by molar-refractivity contribution is -0.124. The van der Waals surface area contributed by atoms with Crippen molar-refractivity contribution in [3.8, 4) is 0 Å². The molecule has 0 saturated carbocycles. The van der Waals surface area contributed by atoms with Crippen molar-refractivity contribution in [1.29, 1.82) is 0 Å². The van der Waals surface area contributed by atoms with Crippen LogP contribution in [0.25, 0.3) is 0 Å². The van der Waals surface area contributed by atoms with Crippen LogP contribution in [-0.4, -0.2) is 70.3 Å². The van der Waals surface area contributed by atoms with Crippen molar-refractivity contribution in [3.05, 3.63) is 29.8 Å². The Morgan fingerprint density at radius 2 is 1.96 bits per heavy atom. The van der Waals surface area contributed by atoms with E-state index in [2.05, 4.69) is 4.98 Å². The van der Waals surface area contributed by atoms with Crippen molar-refractivity contribution < 1.29 is 18.8 Å². The van der Waals surface area contributed by atoms with Crippen molar-refractivity contribution in [2.24, 2.45) is 0 Å². The summed E-state index contributed by atoms with van der Waals surface area (Å²) in [5, 5.41) is 0. The van der Waals surface area contributed by atoms with Gasteiger partial charge in [0.05, 0.1) is 11.8 Å². The van der Waals surface area contributed by atoms with Gasteiger partial charge in [0.15, 0.2) is 0 Å². The average Bonchev–Trinajstić information content (AvgIpc) is 2.82. The highest BCUT2D eigenvalue weighted by Crippen LogP contribution is 2.22. The topological polar surface area (TPSA) is 73.8 Å². The lowest BCUT2D eigenvalue weighted by Gasteiger charge is -2.36. The monoisotopic (exact) mass is 320 g/mol. The number of urea groups is 1. The molecule has 2 fully saturated rings. The Morgan fingerprint density at radius 3 is 2.52 bits per heavy atom. The summed E-state index contributed by atoms with van der Waals surface area (Å²) in [4.78, 5) is 43.9. The zero-order valence-electron chi connectivity index (χ0n) is 12.7. The highest BCUT2D eigenvalue weighted by atomic mass is 19.1. The average molecular weight is 320 g/mol. The number of nitrogens with zero attached hydrogens (tertiary/aromatic N) is 4. The lowest BCUT2D eigenvalue weighted by atomic mass is 10.0. The molecule has 0 aliphatic carbocycles. The summed E-state index contributed by atoms with van der Waals surface area (Å²) >= 11 is 0. The second kappa shape index (κ2) is 5.94. The minimum Gasteiger partial charge on any atom is -0.338 e. The summed E-state index contributed by atoms with van der Waals surface area (Å²) in [7, 11) is 1.47. The van der Waals surface area contributed by atoms with Crippen molar-refractivity contribution in [3.63, 3.8) is 0 Å². The van der Waals surface area contributed by atoms with Crippen LogP contribution in [0.5, 0.6) is 0 Å². The van der Waals surface area contributed by atoms with Gasteiger partial charge >= 0.3 is 6.03 Å². The molecule has 2 aliphatic rings. The lowest BCUT2D eigenvalue weighted by Crippen LogP contribution is -2.47. The van der Waals surface area contributed by atoms with Gasteiger partial charge in [-0.1, -0.05) is 0 Å². The number of hydrogen-bond acceptors (Lipinski definition) is 4. The van der Waals surface area contributed by atoms with Crippen LogP contribution < -0.4 is 0 Å². The van der Waals surface area contributed by atoms with Gasteiger partial charge in [-0.05, 0) is 18.9 Å². The molecule has 1 aromatic rings. The molecule has 0 aromatic carbocycles. The Bertz CT molecular complexity index is 658. The zero-order valence-corrected chi connectivity index (χ0v) is 12.7. The Hall–Kier alpha value is -2.51. The van der Waals surface area contributed by atoms with Crippen LogP contribution in [0.4, 0.5) is 9.18 Å². The van der Waals surface area contributed by atoms with Gasteiger partial charge in [-0.3, -0.25) is 19.5 Å². The number of likely N-dealkylation sites (tertiary alicyclic amines) is 1. The number of amides is 4. The number of carbonyl (C=O) groups is 3. The molecule has 2 saturated heterocycles. The van der Waals surface area contributed by atoms with E-state index < -0.39 is 5.82 Å². The second-order valence-corrected chi connectivity index (χ2v) is 5.78. The van der Waals surface area contributed by atoms with Gasteiger partial charge in [-0.2, -0.15) is 0 Å². The molecule has 23 heavy (non-hydrogen) atoms. The molecule has 8 heteroatoms. The first-order chi connectivity index (χ1) is 11.0. The molecular formula is C15H17FN4O3. The fourth-order valence-corrected chi connectivity index (χ4v) is 3.00. The van der Waals surface area contributed by atoms with E-state index in [0.29, 0.717) is 25.9 Å². The van der Waals surface area contributed by atoms with Gasteiger partial charge in [0.25, 0.3) is 5.91 Å². The van der Waals surface area contributed by atoms with Crippen molar-refractivity contribution in [2.75, 3.05) is 26.7 Å². The third-order valence-electron chi connectivity index (χ3n) is 4.36. The van der Waals surface area contributed by atoms with Gasteiger partial charge in [0.2, 0.25) is 5.91 Å². The van der Waals surface area contributed by atoms with Crippen LogP contribution in [0, 0.1) is 5.82 Å². The number of imide groups is 1. The SMILES string of the molecule is CN1C(=O)CN(C2CCN(C(=O)c3cncc(F)c3)CC2)C1=O. The largest absolute Gasteiger partial charge is 0.338 e. The number of aromatic nitrogens is 1. The van der Waals surface area contributed by atoms with E-state index in [9.17, 15) is 18.8 Å². The maximum absolute atomic E-state index is 13.2. The fourth-order valence-electron chi connectivity index (χ4n) is 3.00. The van der Waals surface area contributed by atoms with E-state index in [1.807, 2.05) is 0 Å². The summed E-state index contributed by atoms with van der Waals surface area (Å²) < 4.78 is 13.2. The van der Waals surface area contributed by atoms with Gasteiger partial charge in [-0.15, -0.1) is 0 Å². The van der Waals surface area contributed by atoms with E-state index >= 15 is 0 Å². The Morgan fingerprint density at radius 1 is 1.26 bits per heavy atom. The van der Waals surface area contributed by atoms with E-state index in [1.165, 1.54) is 19.3 Å². The number of pyridine rings is 1. The number of hydrogen-bond donors (Lipinski definition) is 0. The number of carbonyl (C=O) groups excluding carboxylic acids is 3. The summed E-state index contributed by atoms with van der Waals surface area (Å²) in [5.74, 6) is -1.02. The Labute approximate surface area is 132 Å². The van der Waals surface area contributed by atoms with Crippen LogP contribution in [0.15, 0.2) is 18.5 Å². The van der Waals surface area contributed by atoms with E-state index in [4.69, 9.17) is 0 Å². The first-order valence-corrected chi connectivity index (χ1v) is 7.44. The second-order valence-electron chi connectivity index (χ2n) is 5.78. The maximum Gasteiger partial charge on any atom is 0.327 e. The summed E-state index contributed by atoms with van der Waals surface area (Å²) in [6.07, 6.45) is 3.59. The molecule has 0 bridgehead atoms. The summed E-state index contributed by atoms with van der Waals surface area (Å²) in [6.45, 7) is 1.02. The number of likely N-dealkylation sites (N-methyl/N-ethyl adjacent to an activating group) is 1. The van der Waals surface area contributed by atoms with Gasteiger partial charge in [0, 0.05) is 32.4 Å². The molecule has 3 rings (SSSR count). The minimum atomic E-state index is -0.546. The van der Waals surface area contributed by atoms with Crippen LogP contribution in [0.3, 0.4) is 0 Å². The van der Waals surface area contributed by atoms with Crippen LogP contribution >= 0.6 is 0 Å². The third kappa shape index (κ3) is 2.88. The van der Waals surface area contributed by atoms with Crippen molar-refractivity contribution >= 4 is 17.8 Å². The molecule has 0 atom stereocenters. The fraction of sp³-hybridized carbons (Fsp3) is 0.467. The highest BCUT2D eigenvalue weighted by molar-refractivity contribution is 6.01. The van der Waals surface area contributed by atoms with Gasteiger partial charge in [-0.25, -0.2) is 9.18 Å². The molecule has 7 nitrogen and oxygen atoms in total. The molecule has 0 spiro atoms. The number of piperidine rings is 1. The predicted octanol–water partition coefficient (Wildman–Crippen LogP) is 0.719. The number of rotatable bonds is 2. The van der Waals surface area contributed by atoms with Crippen LogP contribution in [0.1, 0.15) is 23.2 Å². The Kier molecular flexibility index (Phi) is 3.97. The Balaban J connectivity index is 1.62. The van der Waals surface area contributed by atoms with E-state index in [-0.39, 0.29) is 36.0 Å². The van der Waals surface area contributed by atoms with Gasteiger partial charge in [0.1, 0.15) is 12.4 Å². The molecule has 4 amide bonds. The van der Waals surface area contributed by atoms with E-state index in [0.717, 1.165) is 11.1 Å². The smallest absolute Gasteiger partial charge is 0.327 e. The molecule has 0 unspecified atom stereocenters. The van der Waals surface area contributed by atoms with Crippen molar-refractivity contribution in [1.82, 2.24) is 19.7 Å². The minimum absolute atomic E-state index is 0.0499. The first kappa shape index (κ1) is 15.4. The van der Waals surface area contributed by atoms with Crippen molar-refractivity contribution in [2.45, 2.75) is 18.9 Å². The maximum atomic E-state index is 13.2. The van der Waals surface area contributed by atoms with Gasteiger partial charge < -0.3 is 9.80 Å². The molecule has 1 aromatic heterocycles. The quantitative estimate of drug-likeness (QED) is 0.753. The molecular weight excluding hydrogens is 303 g/mol. The molecule has 2 aliphatic heterocycles. The molecule has 122 valence electrons. The van der Waals surface area contributed by atoms with Crippen LogP contribution in [-0.2, 0) is 4.79 Å². The molecule has 3 heterocycles. The highest BCUT2D eigenvalue weighted by Gasteiger charge is 2.39. The standard InChI is InChI=1S/C15H17FN4O3/c1-18-13(21)9-20(15(18)23)12-2-4-19(5-3-12)14(22)10-6-11(16)8-17-7-10/h6-8,12H,2-5,9H2,1H3. The van der Waals surface area contributed by atoms with E-state index in [1.54, 1.807) is 9.80 Å². The third-order valence-corrected chi connectivity index (χ3v) is 4.36. The molecule has 0 N–H and O–H groups in total. The first-order valence-electron chi connectivity index (χ1n) is 7.44. The molecule has 0 radical (unpaired) electrons. The summed E-state index contributed by atoms with van der Waals surface area (Å²) in [6, 6.07) is 0.833. The normalized spacial score (nSPS) is 19.7. The summed E-state index contributed by atoms with van der Waals surface area (Å²) in [5.41, 5.74) is 0.218. The van der Waals surface area contributed by atoms with Crippen LogP contribution in [0.2, 0.25) is 0 Å². The zero-order chi connectivity index (χ0) is 16.6. The predicted molar refractivity (Wildman–Crippen MR) is 78.0 cm³/mol. The number of halogens is 1.